The molecule has 0 atom stereocenters. The Balaban J connectivity index is 4.51. The lowest BCUT2D eigenvalue weighted by molar-refractivity contribution is -0.125. The maximum atomic E-state index is 11.2. The molecule has 0 saturated carbocycles. The average Bonchev–Trinajstić information content (AvgIpc) is 1.96. The van der Waals surface area contributed by atoms with Gasteiger partial charge < -0.3 is 4.90 Å². The Bertz CT molecular complexity index is 345. The molecule has 0 aliphatic heterocycles. The lowest BCUT2D eigenvalue weighted by Gasteiger charge is -2.28. The number of nitrogens with zero attached hydrogens (tertiary/aromatic N) is 1. The number of carbonyl (C=O) groups excluding carboxylic acids is 1. The first-order valence-electron chi connectivity index (χ1n) is 4.40. The molecule has 0 aromatic rings. The minimum atomic E-state index is -4.02. The molecule has 0 heterocycles. The van der Waals surface area contributed by atoms with Crippen molar-refractivity contribution in [1.82, 2.24) is 4.90 Å². The van der Waals surface area contributed by atoms with E-state index < -0.39 is 15.5 Å². The van der Waals surface area contributed by atoms with Crippen LogP contribution in [0.5, 0.6) is 0 Å². The monoisotopic (exact) mass is 235 g/mol. The minimum Gasteiger partial charge on any atom is -0.342 e. The first-order valence-corrected chi connectivity index (χ1v) is 6.01. The van der Waals surface area contributed by atoms with E-state index in [1.165, 1.54) is 4.90 Å². The van der Waals surface area contributed by atoms with Crippen molar-refractivity contribution in [2.75, 3.05) is 19.3 Å². The highest BCUT2D eigenvalue weighted by Gasteiger charge is 2.27. The molecule has 0 fully saturated rings. The van der Waals surface area contributed by atoms with Crippen molar-refractivity contribution in [2.45, 2.75) is 13.8 Å². The molecule has 6 heteroatoms. The molecule has 88 valence electrons. The van der Waals surface area contributed by atoms with E-state index in [9.17, 15) is 13.2 Å². The van der Waals surface area contributed by atoms with Gasteiger partial charge in [-0.05, 0) is 11.5 Å². The molecule has 0 aromatic carbocycles. The van der Waals surface area contributed by atoms with E-state index in [1.807, 2.05) is 0 Å². The van der Waals surface area contributed by atoms with E-state index in [1.54, 1.807) is 20.9 Å². The van der Waals surface area contributed by atoms with Gasteiger partial charge in [-0.15, -0.1) is 0 Å². The second-order valence-electron chi connectivity index (χ2n) is 4.29. The van der Waals surface area contributed by atoms with Crippen LogP contribution in [-0.2, 0) is 14.9 Å². The molecule has 15 heavy (non-hydrogen) atoms. The average molecular weight is 235 g/mol. The molecule has 1 N–H and O–H groups in total. The first kappa shape index (κ1) is 14.1. The van der Waals surface area contributed by atoms with Gasteiger partial charge in [-0.3, -0.25) is 9.35 Å². The summed E-state index contributed by atoms with van der Waals surface area (Å²) in [5, 5.41) is 0. The summed E-state index contributed by atoms with van der Waals surface area (Å²) >= 11 is 0. The highest BCUT2D eigenvalue weighted by molar-refractivity contribution is 7.85. The first-order chi connectivity index (χ1) is 6.57. The zero-order chi connectivity index (χ0) is 12.3. The summed E-state index contributed by atoms with van der Waals surface area (Å²) in [7, 11) is -2.47. The van der Waals surface area contributed by atoms with Gasteiger partial charge >= 0.3 is 0 Å². The number of amides is 1. The summed E-state index contributed by atoms with van der Waals surface area (Å²) in [6.07, 6.45) is 1.16. The number of hydrogen-bond donors (Lipinski definition) is 1. The summed E-state index contributed by atoms with van der Waals surface area (Å²) in [5.74, 6) is -0.659. The van der Waals surface area contributed by atoms with Crippen molar-refractivity contribution >= 4 is 16.0 Å². The Kier molecular flexibility index (Phi) is 4.48. The van der Waals surface area contributed by atoms with E-state index in [2.05, 4.69) is 6.58 Å². The summed E-state index contributed by atoms with van der Waals surface area (Å²) in [4.78, 5) is 12.5. The van der Waals surface area contributed by atoms with E-state index >= 15 is 0 Å². The van der Waals surface area contributed by atoms with Crippen LogP contribution in [0.15, 0.2) is 12.7 Å². The predicted molar refractivity (Wildman–Crippen MR) is 58.0 cm³/mol. The fourth-order valence-electron chi connectivity index (χ4n) is 1.42. The fourth-order valence-corrected chi connectivity index (χ4v) is 2.49. The maximum Gasteiger partial charge on any atom is 0.265 e. The Labute approximate surface area is 90.5 Å². The second kappa shape index (κ2) is 4.76. The second-order valence-corrected chi connectivity index (χ2v) is 5.74. The van der Waals surface area contributed by atoms with Gasteiger partial charge in [0.25, 0.3) is 10.1 Å². The summed E-state index contributed by atoms with van der Waals surface area (Å²) in [6.45, 7) is 6.88. The third-order valence-electron chi connectivity index (χ3n) is 1.79. The molecule has 5 nitrogen and oxygen atoms in total. The molecular formula is C9H17NO4S. The molecule has 0 rings (SSSR count). The van der Waals surface area contributed by atoms with Crippen LogP contribution < -0.4 is 0 Å². The molecule has 0 unspecified atom stereocenters. The van der Waals surface area contributed by atoms with Crippen molar-refractivity contribution in [2.24, 2.45) is 5.41 Å². The van der Waals surface area contributed by atoms with Crippen molar-refractivity contribution in [1.29, 1.82) is 0 Å². The number of carbonyl (C=O) groups is 1. The molecule has 0 spiro atoms. The van der Waals surface area contributed by atoms with Gasteiger partial charge in [0, 0.05) is 13.6 Å². The van der Waals surface area contributed by atoms with E-state index in [0.717, 1.165) is 6.08 Å². The van der Waals surface area contributed by atoms with E-state index in [4.69, 9.17) is 4.55 Å². The Morgan fingerprint density at radius 3 is 2.33 bits per heavy atom. The third kappa shape index (κ3) is 6.24. The lowest BCUT2D eigenvalue weighted by atomic mass is 9.96. The quantitative estimate of drug-likeness (QED) is 0.557. The SMILES string of the molecule is C=CC(=O)N(C)CC(C)(C)CS(=O)(=O)O. The molecule has 0 saturated heterocycles. The van der Waals surface area contributed by atoms with Gasteiger partial charge in [-0.2, -0.15) is 8.42 Å². The van der Waals surface area contributed by atoms with Crippen molar-refractivity contribution < 1.29 is 17.8 Å². The van der Waals surface area contributed by atoms with Crippen molar-refractivity contribution in [3.63, 3.8) is 0 Å². The normalized spacial score (nSPS) is 12.3. The van der Waals surface area contributed by atoms with Crippen LogP contribution in [-0.4, -0.2) is 43.1 Å². The van der Waals surface area contributed by atoms with Gasteiger partial charge in [0.2, 0.25) is 5.91 Å². The molecule has 0 aliphatic rings. The zero-order valence-corrected chi connectivity index (χ0v) is 10.0. The van der Waals surface area contributed by atoms with Gasteiger partial charge in [-0.1, -0.05) is 20.4 Å². The molecule has 1 amide bonds. The van der Waals surface area contributed by atoms with Crippen LogP contribution in [0.4, 0.5) is 0 Å². The highest BCUT2D eigenvalue weighted by atomic mass is 32.2. The maximum absolute atomic E-state index is 11.2. The smallest absolute Gasteiger partial charge is 0.265 e. The Hall–Kier alpha value is -0.880. The molecule has 0 aliphatic carbocycles. The number of rotatable bonds is 5. The molecule has 0 radical (unpaired) electrons. The minimum absolute atomic E-state index is 0.234. The van der Waals surface area contributed by atoms with Gasteiger partial charge in [-0.25, -0.2) is 0 Å². The Morgan fingerprint density at radius 2 is 2.00 bits per heavy atom. The fraction of sp³-hybridized carbons (Fsp3) is 0.667. The van der Waals surface area contributed by atoms with E-state index in [0.29, 0.717) is 0 Å². The third-order valence-corrected chi connectivity index (χ3v) is 2.94. The summed E-state index contributed by atoms with van der Waals surface area (Å²) in [5.41, 5.74) is -0.693. The van der Waals surface area contributed by atoms with Crippen molar-refractivity contribution in [3.8, 4) is 0 Å². The summed E-state index contributed by atoms with van der Waals surface area (Å²) < 4.78 is 30.1. The number of hydrogen-bond acceptors (Lipinski definition) is 3. The molecule has 0 bridgehead atoms. The largest absolute Gasteiger partial charge is 0.342 e. The van der Waals surface area contributed by atoms with Crippen LogP contribution in [0.2, 0.25) is 0 Å². The lowest BCUT2D eigenvalue weighted by Crippen LogP contribution is -2.38. The topological polar surface area (TPSA) is 74.7 Å². The van der Waals surface area contributed by atoms with Gasteiger partial charge in [0.15, 0.2) is 0 Å². The van der Waals surface area contributed by atoms with E-state index in [-0.39, 0.29) is 18.2 Å². The van der Waals surface area contributed by atoms with Crippen LogP contribution in [0.3, 0.4) is 0 Å². The van der Waals surface area contributed by atoms with Crippen LogP contribution in [0.25, 0.3) is 0 Å². The van der Waals surface area contributed by atoms with Crippen molar-refractivity contribution in [3.05, 3.63) is 12.7 Å². The zero-order valence-electron chi connectivity index (χ0n) is 9.23. The van der Waals surface area contributed by atoms with Crippen LogP contribution >= 0.6 is 0 Å². The molecule has 0 aromatic heterocycles. The highest BCUT2D eigenvalue weighted by Crippen LogP contribution is 2.18. The Morgan fingerprint density at radius 1 is 1.53 bits per heavy atom. The molecular weight excluding hydrogens is 218 g/mol. The van der Waals surface area contributed by atoms with Crippen LogP contribution in [0, 0.1) is 5.41 Å². The summed E-state index contributed by atoms with van der Waals surface area (Å²) in [6, 6.07) is 0. The van der Waals surface area contributed by atoms with Crippen LogP contribution in [0.1, 0.15) is 13.8 Å². The number of likely N-dealkylation sites (N-methyl/N-ethyl adjacent to an activating group) is 1. The standard InChI is InChI=1S/C9H17NO4S/c1-5-8(11)10(4)6-9(2,3)7-15(12,13)14/h5H,1,6-7H2,2-4H3,(H,12,13,14). The van der Waals surface area contributed by atoms with Gasteiger partial charge in [0.1, 0.15) is 0 Å². The predicted octanol–water partition coefficient (Wildman–Crippen LogP) is 0.545. The van der Waals surface area contributed by atoms with Gasteiger partial charge in [0.05, 0.1) is 5.75 Å².